The van der Waals surface area contributed by atoms with Gasteiger partial charge >= 0.3 is 0 Å². The van der Waals surface area contributed by atoms with Gasteiger partial charge < -0.3 is 5.32 Å². The molecule has 0 saturated carbocycles. The zero-order valence-electron chi connectivity index (χ0n) is 11.1. The summed E-state index contributed by atoms with van der Waals surface area (Å²) in [6, 6.07) is 10.8. The van der Waals surface area contributed by atoms with E-state index in [4.69, 9.17) is 0 Å². The first-order chi connectivity index (χ1) is 9.95. The molecule has 1 amide bonds. The molecule has 0 unspecified atom stereocenters. The molecule has 2 rings (SSSR count). The van der Waals surface area contributed by atoms with Gasteiger partial charge in [0.05, 0.1) is 5.25 Å². The van der Waals surface area contributed by atoms with Crippen LogP contribution in [0.1, 0.15) is 6.92 Å². The summed E-state index contributed by atoms with van der Waals surface area (Å²) >= 11 is 4.48. The molecule has 1 N–H and O–H groups in total. The number of benzene rings is 2. The minimum absolute atomic E-state index is 0.202. The van der Waals surface area contributed by atoms with Crippen molar-refractivity contribution in [1.82, 2.24) is 0 Å². The maximum absolute atomic E-state index is 13.1. The number of anilines is 1. The minimum Gasteiger partial charge on any atom is -0.325 e. The van der Waals surface area contributed by atoms with Gasteiger partial charge in [-0.2, -0.15) is 0 Å². The van der Waals surface area contributed by atoms with Gasteiger partial charge in [-0.1, -0.05) is 15.9 Å². The van der Waals surface area contributed by atoms with Crippen LogP contribution in [0.2, 0.25) is 0 Å². The maximum Gasteiger partial charge on any atom is 0.237 e. The Hall–Kier alpha value is -1.40. The Bertz CT molecular complexity index is 649. The van der Waals surface area contributed by atoms with Gasteiger partial charge in [0.15, 0.2) is 11.6 Å². The van der Waals surface area contributed by atoms with Crippen LogP contribution in [0.3, 0.4) is 0 Å². The van der Waals surface area contributed by atoms with Crippen molar-refractivity contribution in [2.24, 2.45) is 0 Å². The number of carbonyl (C=O) groups excluding carboxylic acids is 1. The molecule has 0 bridgehead atoms. The zero-order valence-corrected chi connectivity index (χ0v) is 13.5. The van der Waals surface area contributed by atoms with E-state index in [1.165, 1.54) is 17.8 Å². The standard InChI is InChI=1S/C15H12BrF2NOS/c1-9(21-12-6-7-13(17)14(18)8-12)15(20)19-11-4-2-10(16)3-5-11/h2-9H,1H3,(H,19,20)/t9-/m0/s1. The fourth-order valence-electron chi connectivity index (χ4n) is 1.58. The maximum atomic E-state index is 13.1. The first-order valence-electron chi connectivity index (χ1n) is 6.14. The monoisotopic (exact) mass is 371 g/mol. The van der Waals surface area contributed by atoms with Crippen LogP contribution in [0.15, 0.2) is 51.8 Å². The predicted octanol–water partition coefficient (Wildman–Crippen LogP) is 4.85. The van der Waals surface area contributed by atoms with E-state index in [1.807, 2.05) is 12.1 Å². The molecule has 110 valence electrons. The molecule has 1 atom stereocenters. The Labute approximate surface area is 134 Å². The lowest BCUT2D eigenvalue weighted by atomic mass is 10.3. The lowest BCUT2D eigenvalue weighted by Gasteiger charge is -2.12. The van der Waals surface area contributed by atoms with Gasteiger partial charge in [-0.25, -0.2) is 8.78 Å². The number of thioether (sulfide) groups is 1. The highest BCUT2D eigenvalue weighted by molar-refractivity contribution is 9.10. The average molecular weight is 372 g/mol. The number of hydrogen-bond acceptors (Lipinski definition) is 2. The van der Waals surface area contributed by atoms with E-state index in [1.54, 1.807) is 19.1 Å². The Morgan fingerprint density at radius 3 is 2.43 bits per heavy atom. The number of rotatable bonds is 4. The van der Waals surface area contributed by atoms with Crippen LogP contribution in [-0.4, -0.2) is 11.2 Å². The molecular weight excluding hydrogens is 360 g/mol. The minimum atomic E-state index is -0.916. The highest BCUT2D eigenvalue weighted by atomic mass is 79.9. The van der Waals surface area contributed by atoms with Crippen LogP contribution in [-0.2, 0) is 4.79 Å². The third-order valence-electron chi connectivity index (χ3n) is 2.68. The smallest absolute Gasteiger partial charge is 0.237 e. The molecule has 0 saturated heterocycles. The summed E-state index contributed by atoms with van der Waals surface area (Å²) in [7, 11) is 0. The van der Waals surface area contributed by atoms with E-state index in [-0.39, 0.29) is 5.91 Å². The molecule has 0 aliphatic heterocycles. The molecule has 0 spiro atoms. The zero-order chi connectivity index (χ0) is 15.4. The van der Waals surface area contributed by atoms with Crippen LogP contribution in [0, 0.1) is 11.6 Å². The van der Waals surface area contributed by atoms with Crippen molar-refractivity contribution in [3.05, 3.63) is 58.6 Å². The molecule has 6 heteroatoms. The van der Waals surface area contributed by atoms with E-state index in [2.05, 4.69) is 21.2 Å². The van der Waals surface area contributed by atoms with Crippen LogP contribution >= 0.6 is 27.7 Å². The molecule has 0 aromatic heterocycles. The van der Waals surface area contributed by atoms with Gasteiger partial charge in [0.1, 0.15) is 0 Å². The summed E-state index contributed by atoms with van der Waals surface area (Å²) in [6.07, 6.45) is 0. The Morgan fingerprint density at radius 2 is 1.81 bits per heavy atom. The van der Waals surface area contributed by atoms with Crippen molar-refractivity contribution < 1.29 is 13.6 Å². The van der Waals surface area contributed by atoms with Gasteiger partial charge in [-0.3, -0.25) is 4.79 Å². The van der Waals surface area contributed by atoms with Crippen LogP contribution in [0.4, 0.5) is 14.5 Å². The number of carbonyl (C=O) groups is 1. The third-order valence-corrected chi connectivity index (χ3v) is 4.31. The van der Waals surface area contributed by atoms with Crippen molar-refractivity contribution in [2.75, 3.05) is 5.32 Å². The molecule has 0 radical (unpaired) electrons. The molecule has 0 aliphatic rings. The lowest BCUT2D eigenvalue weighted by molar-refractivity contribution is -0.115. The van der Waals surface area contributed by atoms with Gasteiger partial charge in [-0.05, 0) is 49.4 Å². The molecular formula is C15H12BrF2NOS. The van der Waals surface area contributed by atoms with Gasteiger partial charge in [-0.15, -0.1) is 11.8 Å². The summed E-state index contributed by atoms with van der Waals surface area (Å²) < 4.78 is 26.9. The second-order valence-electron chi connectivity index (χ2n) is 4.33. The second kappa shape index (κ2) is 7.04. The van der Waals surface area contributed by atoms with Crippen LogP contribution in [0.25, 0.3) is 0 Å². The van der Waals surface area contributed by atoms with Crippen molar-refractivity contribution in [3.63, 3.8) is 0 Å². The highest BCUT2D eigenvalue weighted by Gasteiger charge is 2.15. The molecule has 0 aliphatic carbocycles. The SMILES string of the molecule is C[C@H](Sc1ccc(F)c(F)c1)C(=O)Nc1ccc(Br)cc1. The number of hydrogen-bond donors (Lipinski definition) is 1. The van der Waals surface area contributed by atoms with Crippen molar-refractivity contribution in [2.45, 2.75) is 17.1 Å². The van der Waals surface area contributed by atoms with E-state index in [0.29, 0.717) is 10.6 Å². The Balaban J connectivity index is 1.98. The normalized spacial score (nSPS) is 12.0. The summed E-state index contributed by atoms with van der Waals surface area (Å²) in [5.74, 6) is -2.01. The fraction of sp³-hybridized carbons (Fsp3) is 0.133. The lowest BCUT2D eigenvalue weighted by Crippen LogP contribution is -2.22. The molecule has 0 fully saturated rings. The number of nitrogens with one attached hydrogen (secondary N) is 1. The molecule has 2 nitrogen and oxygen atoms in total. The van der Waals surface area contributed by atoms with E-state index in [0.717, 1.165) is 16.6 Å². The second-order valence-corrected chi connectivity index (χ2v) is 6.66. The molecule has 21 heavy (non-hydrogen) atoms. The highest BCUT2D eigenvalue weighted by Crippen LogP contribution is 2.26. The quantitative estimate of drug-likeness (QED) is 0.778. The van der Waals surface area contributed by atoms with Gasteiger partial charge in [0, 0.05) is 15.1 Å². The van der Waals surface area contributed by atoms with Crippen molar-refractivity contribution in [1.29, 1.82) is 0 Å². The molecule has 2 aromatic rings. The Morgan fingerprint density at radius 1 is 1.14 bits per heavy atom. The number of amides is 1. The van der Waals surface area contributed by atoms with Crippen molar-refractivity contribution >= 4 is 39.3 Å². The van der Waals surface area contributed by atoms with Crippen LogP contribution in [0.5, 0.6) is 0 Å². The fourth-order valence-corrected chi connectivity index (χ4v) is 2.74. The Kier molecular flexibility index (Phi) is 5.36. The summed E-state index contributed by atoms with van der Waals surface area (Å²) in [6.45, 7) is 1.71. The van der Waals surface area contributed by atoms with Crippen molar-refractivity contribution in [3.8, 4) is 0 Å². The number of halogens is 3. The summed E-state index contributed by atoms with van der Waals surface area (Å²) in [4.78, 5) is 12.5. The molecule has 2 aromatic carbocycles. The average Bonchev–Trinajstić information content (AvgIpc) is 2.45. The van der Waals surface area contributed by atoms with E-state index >= 15 is 0 Å². The predicted molar refractivity (Wildman–Crippen MR) is 84.4 cm³/mol. The first-order valence-corrected chi connectivity index (χ1v) is 7.81. The van der Waals surface area contributed by atoms with Gasteiger partial charge in [0.25, 0.3) is 0 Å². The van der Waals surface area contributed by atoms with E-state index in [9.17, 15) is 13.6 Å². The van der Waals surface area contributed by atoms with Gasteiger partial charge in [0.2, 0.25) is 5.91 Å². The third kappa shape index (κ3) is 4.54. The summed E-state index contributed by atoms with van der Waals surface area (Å²) in [5.41, 5.74) is 0.681. The topological polar surface area (TPSA) is 29.1 Å². The largest absolute Gasteiger partial charge is 0.325 e. The van der Waals surface area contributed by atoms with E-state index < -0.39 is 16.9 Å². The summed E-state index contributed by atoms with van der Waals surface area (Å²) in [5, 5.41) is 2.33. The first kappa shape index (κ1) is 16.0. The van der Waals surface area contributed by atoms with Crippen LogP contribution < -0.4 is 5.32 Å². The molecule has 0 heterocycles.